The van der Waals surface area contributed by atoms with E-state index in [9.17, 15) is 15.0 Å². The second-order valence-electron chi connectivity index (χ2n) is 6.61. The minimum absolute atomic E-state index is 0.382. The Bertz CT molecular complexity index is 1140. The third-order valence-electron chi connectivity index (χ3n) is 4.93. The second-order valence-corrected chi connectivity index (χ2v) is 6.61. The topological polar surface area (TPSA) is 57.5 Å². The molecule has 0 aromatic heterocycles. The van der Waals surface area contributed by atoms with Gasteiger partial charge in [-0.25, -0.2) is 4.79 Å². The van der Waals surface area contributed by atoms with E-state index in [2.05, 4.69) is 18.2 Å². The minimum atomic E-state index is -1.97. The Morgan fingerprint density at radius 1 is 0.769 bits per heavy atom. The van der Waals surface area contributed by atoms with Crippen LogP contribution in [0.5, 0.6) is 0 Å². The molecule has 1 atom stereocenters. The van der Waals surface area contributed by atoms with E-state index in [-0.39, 0.29) is 0 Å². The van der Waals surface area contributed by atoms with Crippen LogP contribution in [0.1, 0.15) is 12.5 Å². The van der Waals surface area contributed by atoms with Crippen molar-refractivity contribution in [1.29, 1.82) is 0 Å². The molecule has 0 aliphatic carbocycles. The van der Waals surface area contributed by atoms with Gasteiger partial charge >= 0.3 is 5.97 Å². The summed E-state index contributed by atoms with van der Waals surface area (Å²) >= 11 is 0. The number of benzene rings is 4. The van der Waals surface area contributed by atoms with Gasteiger partial charge in [-0.15, -0.1) is 0 Å². The summed E-state index contributed by atoms with van der Waals surface area (Å²) in [6.07, 6.45) is 0. The largest absolute Gasteiger partial charge is 0.479 e. The molecule has 4 rings (SSSR count). The Labute approximate surface area is 151 Å². The van der Waals surface area contributed by atoms with E-state index < -0.39 is 11.6 Å². The Hall–Kier alpha value is -3.17. The van der Waals surface area contributed by atoms with E-state index in [0.29, 0.717) is 5.56 Å². The average molecular weight is 342 g/mol. The van der Waals surface area contributed by atoms with Gasteiger partial charge in [0.1, 0.15) is 0 Å². The van der Waals surface area contributed by atoms with Crippen molar-refractivity contribution in [2.75, 3.05) is 0 Å². The van der Waals surface area contributed by atoms with Gasteiger partial charge in [0.25, 0.3) is 0 Å². The molecule has 0 aliphatic rings. The fourth-order valence-electron chi connectivity index (χ4n) is 3.53. The van der Waals surface area contributed by atoms with Crippen molar-refractivity contribution in [2.45, 2.75) is 12.5 Å². The van der Waals surface area contributed by atoms with Crippen LogP contribution < -0.4 is 0 Å². The Morgan fingerprint density at radius 2 is 1.35 bits per heavy atom. The summed E-state index contributed by atoms with van der Waals surface area (Å²) in [5.74, 6) is -1.27. The molecule has 3 heteroatoms. The fourth-order valence-corrected chi connectivity index (χ4v) is 3.53. The van der Waals surface area contributed by atoms with Crippen molar-refractivity contribution < 1.29 is 15.0 Å². The molecule has 0 spiro atoms. The van der Waals surface area contributed by atoms with Crippen molar-refractivity contribution in [3.8, 4) is 11.1 Å². The molecule has 0 heterocycles. The number of rotatable bonds is 3. The molecule has 0 radical (unpaired) electrons. The molecule has 128 valence electrons. The number of aliphatic carboxylic acids is 1. The Balaban J connectivity index is 2.12. The van der Waals surface area contributed by atoms with E-state index >= 15 is 0 Å². The molecule has 26 heavy (non-hydrogen) atoms. The maximum atomic E-state index is 11.6. The van der Waals surface area contributed by atoms with Crippen LogP contribution in [0.4, 0.5) is 0 Å². The van der Waals surface area contributed by atoms with Gasteiger partial charge in [-0.2, -0.15) is 0 Å². The number of carboxylic acid groups (broad SMARTS) is 1. The van der Waals surface area contributed by atoms with Gasteiger partial charge < -0.3 is 10.2 Å². The van der Waals surface area contributed by atoms with E-state index in [1.807, 2.05) is 48.5 Å². The Kier molecular flexibility index (Phi) is 3.74. The minimum Gasteiger partial charge on any atom is -0.479 e. The lowest BCUT2D eigenvalue weighted by Gasteiger charge is -2.23. The van der Waals surface area contributed by atoms with Crippen LogP contribution in [0, 0.1) is 0 Å². The van der Waals surface area contributed by atoms with Gasteiger partial charge in [-0.05, 0) is 45.7 Å². The van der Waals surface area contributed by atoms with E-state index in [1.165, 1.54) is 6.92 Å². The predicted molar refractivity (Wildman–Crippen MR) is 104 cm³/mol. The highest BCUT2D eigenvalue weighted by Crippen LogP contribution is 2.39. The lowest BCUT2D eigenvalue weighted by molar-refractivity contribution is -0.157. The number of carboxylic acids is 1. The molecule has 0 saturated carbocycles. The zero-order chi connectivity index (χ0) is 18.3. The van der Waals surface area contributed by atoms with Crippen LogP contribution in [0.2, 0.25) is 0 Å². The highest BCUT2D eigenvalue weighted by molar-refractivity contribution is 6.14. The monoisotopic (exact) mass is 342 g/mol. The van der Waals surface area contributed by atoms with E-state index in [4.69, 9.17) is 0 Å². The maximum absolute atomic E-state index is 11.6. The van der Waals surface area contributed by atoms with Gasteiger partial charge in [-0.1, -0.05) is 72.8 Å². The standard InChI is InChI=1S/C23H18O3/c1-23(26,22(24)25)21-13-7-6-12-19(21)20-14-15-8-2-3-9-16(15)17-10-4-5-11-18(17)20/h2-14,26H,1H3,(H,24,25). The normalized spacial score (nSPS) is 13.6. The third-order valence-corrected chi connectivity index (χ3v) is 4.93. The number of hydrogen-bond donors (Lipinski definition) is 2. The molecule has 4 aromatic carbocycles. The quantitative estimate of drug-likeness (QED) is 0.518. The van der Waals surface area contributed by atoms with Crippen molar-refractivity contribution in [2.24, 2.45) is 0 Å². The number of fused-ring (bicyclic) bond motifs is 3. The molecule has 1 unspecified atom stereocenters. The first-order valence-electron chi connectivity index (χ1n) is 8.46. The lowest BCUT2D eigenvalue weighted by Crippen LogP contribution is -2.32. The van der Waals surface area contributed by atoms with Gasteiger partial charge in [0.05, 0.1) is 0 Å². The van der Waals surface area contributed by atoms with Crippen molar-refractivity contribution >= 4 is 27.5 Å². The van der Waals surface area contributed by atoms with Gasteiger partial charge in [0.15, 0.2) is 5.60 Å². The average Bonchev–Trinajstić information content (AvgIpc) is 2.67. The molecule has 4 aromatic rings. The molecule has 0 amide bonds. The van der Waals surface area contributed by atoms with E-state index in [0.717, 1.165) is 32.7 Å². The van der Waals surface area contributed by atoms with Crippen LogP contribution in [0.3, 0.4) is 0 Å². The second kappa shape index (κ2) is 5.97. The summed E-state index contributed by atoms with van der Waals surface area (Å²) in [5, 5.41) is 24.4. The number of hydrogen-bond acceptors (Lipinski definition) is 2. The molecule has 0 aliphatic heterocycles. The highest BCUT2D eigenvalue weighted by Gasteiger charge is 2.34. The predicted octanol–water partition coefficient (Wildman–Crippen LogP) is 4.95. The van der Waals surface area contributed by atoms with Crippen LogP contribution in [0.25, 0.3) is 32.7 Å². The maximum Gasteiger partial charge on any atom is 0.340 e. The first kappa shape index (κ1) is 16.3. The molecule has 3 nitrogen and oxygen atoms in total. The van der Waals surface area contributed by atoms with E-state index in [1.54, 1.807) is 12.1 Å². The number of aliphatic hydroxyl groups is 1. The zero-order valence-corrected chi connectivity index (χ0v) is 14.3. The summed E-state index contributed by atoms with van der Waals surface area (Å²) in [7, 11) is 0. The third kappa shape index (κ3) is 2.45. The van der Waals surface area contributed by atoms with Crippen LogP contribution >= 0.6 is 0 Å². The summed E-state index contributed by atoms with van der Waals surface area (Å²) in [6, 6.07) is 25.4. The van der Waals surface area contributed by atoms with Crippen molar-refractivity contribution in [3.05, 3.63) is 84.4 Å². The van der Waals surface area contributed by atoms with Crippen LogP contribution in [-0.4, -0.2) is 16.2 Å². The van der Waals surface area contributed by atoms with Gasteiger partial charge in [0, 0.05) is 5.56 Å². The summed E-state index contributed by atoms with van der Waals surface area (Å²) in [5.41, 5.74) is 0.0507. The molecule has 0 bridgehead atoms. The van der Waals surface area contributed by atoms with Gasteiger partial charge in [0.2, 0.25) is 0 Å². The van der Waals surface area contributed by atoms with Crippen molar-refractivity contribution in [3.63, 3.8) is 0 Å². The summed E-state index contributed by atoms with van der Waals surface area (Å²) in [6.45, 7) is 1.32. The van der Waals surface area contributed by atoms with Crippen LogP contribution in [0.15, 0.2) is 78.9 Å². The first-order chi connectivity index (χ1) is 12.5. The van der Waals surface area contributed by atoms with Crippen molar-refractivity contribution in [1.82, 2.24) is 0 Å². The molecule has 0 saturated heterocycles. The fraction of sp³-hybridized carbons (Fsp3) is 0.0870. The first-order valence-corrected chi connectivity index (χ1v) is 8.46. The Morgan fingerprint density at radius 3 is 2.08 bits per heavy atom. The van der Waals surface area contributed by atoms with Crippen LogP contribution in [-0.2, 0) is 10.4 Å². The summed E-state index contributed by atoms with van der Waals surface area (Å²) in [4.78, 5) is 11.6. The molecular weight excluding hydrogens is 324 g/mol. The zero-order valence-electron chi connectivity index (χ0n) is 14.3. The molecule has 0 fully saturated rings. The lowest BCUT2D eigenvalue weighted by atomic mass is 9.85. The SMILES string of the molecule is CC(O)(C(=O)O)c1ccccc1-c1cc2ccccc2c2ccccc12. The van der Waals surface area contributed by atoms with Gasteiger partial charge in [-0.3, -0.25) is 0 Å². The molecular formula is C23H18O3. The smallest absolute Gasteiger partial charge is 0.340 e. The summed E-state index contributed by atoms with van der Waals surface area (Å²) < 4.78 is 0. The highest BCUT2D eigenvalue weighted by atomic mass is 16.4. The molecule has 2 N–H and O–H groups in total. The number of carbonyl (C=O) groups is 1.